The molecule has 2 N–H and O–H groups in total. The second-order valence-corrected chi connectivity index (χ2v) is 10.8. The van der Waals surface area contributed by atoms with Gasteiger partial charge in [-0.15, -0.1) is 0 Å². The van der Waals surface area contributed by atoms with E-state index in [9.17, 15) is 9.59 Å². The molecule has 0 saturated carbocycles. The lowest BCUT2D eigenvalue weighted by Gasteiger charge is -2.52. The molecule has 2 fully saturated rings. The van der Waals surface area contributed by atoms with Crippen molar-refractivity contribution in [2.24, 2.45) is 0 Å². The maximum Gasteiger partial charge on any atom is 0.246 e. The van der Waals surface area contributed by atoms with Crippen LogP contribution in [0.3, 0.4) is 0 Å². The van der Waals surface area contributed by atoms with Gasteiger partial charge in [-0.25, -0.2) is 0 Å². The summed E-state index contributed by atoms with van der Waals surface area (Å²) in [6.45, 7) is 8.31. The quantitative estimate of drug-likeness (QED) is 0.470. The number of aromatic amines is 1. The molecule has 0 radical (unpaired) electrons. The number of piperazine rings is 1. The van der Waals surface area contributed by atoms with E-state index in [-0.39, 0.29) is 17.9 Å². The van der Waals surface area contributed by atoms with Gasteiger partial charge in [-0.3, -0.25) is 19.6 Å². The van der Waals surface area contributed by atoms with Crippen LogP contribution in [0.4, 0.5) is 0 Å². The molecule has 2 aliphatic heterocycles. The number of carbonyl (C=O) groups is 2. The monoisotopic (exact) mass is 513 g/mol. The second-order valence-electron chi connectivity index (χ2n) is 10.8. The number of nitrogens with zero attached hydrogens (tertiary/aromatic N) is 3. The third kappa shape index (κ3) is 4.87. The van der Waals surface area contributed by atoms with Gasteiger partial charge in [-0.05, 0) is 44.2 Å². The van der Waals surface area contributed by atoms with Crippen molar-refractivity contribution in [1.29, 1.82) is 0 Å². The fourth-order valence-electron chi connectivity index (χ4n) is 6.31. The van der Waals surface area contributed by atoms with Crippen LogP contribution >= 0.6 is 0 Å². The third-order valence-corrected chi connectivity index (χ3v) is 8.39. The molecule has 3 aromatic rings. The second kappa shape index (κ2) is 11.1. The van der Waals surface area contributed by atoms with Crippen LogP contribution < -0.4 is 5.32 Å². The van der Waals surface area contributed by atoms with Crippen molar-refractivity contribution < 1.29 is 9.59 Å². The van der Waals surface area contributed by atoms with E-state index < -0.39 is 11.6 Å². The predicted octanol–water partition coefficient (Wildman–Crippen LogP) is 4.32. The van der Waals surface area contributed by atoms with Gasteiger partial charge in [0.25, 0.3) is 0 Å². The largest absolute Gasteiger partial charge is 0.342 e. The number of aromatic nitrogens is 2. The van der Waals surface area contributed by atoms with Crippen molar-refractivity contribution in [3.63, 3.8) is 0 Å². The first-order chi connectivity index (χ1) is 18.4. The number of aryl methyl sites for hydroxylation is 2. The summed E-state index contributed by atoms with van der Waals surface area (Å²) in [5.41, 5.74) is 4.74. The number of hydrogen-bond acceptors (Lipinski definition) is 4. The Balaban J connectivity index is 1.41. The fraction of sp³-hybridized carbons (Fsp3) is 0.452. The summed E-state index contributed by atoms with van der Waals surface area (Å²) < 4.78 is 0. The average Bonchev–Trinajstić information content (AvgIpc) is 3.27. The fourth-order valence-corrected chi connectivity index (χ4v) is 6.31. The molecule has 2 aromatic carbocycles. The molecule has 0 bridgehead atoms. The van der Waals surface area contributed by atoms with Gasteiger partial charge in [0.1, 0.15) is 11.6 Å². The summed E-state index contributed by atoms with van der Waals surface area (Å²) in [6.07, 6.45) is 3.62. The highest BCUT2D eigenvalue weighted by atomic mass is 16.2. The summed E-state index contributed by atoms with van der Waals surface area (Å²) in [7, 11) is 0. The van der Waals surface area contributed by atoms with Crippen molar-refractivity contribution in [2.75, 3.05) is 19.6 Å². The van der Waals surface area contributed by atoms with Gasteiger partial charge in [0.2, 0.25) is 11.8 Å². The third-order valence-electron chi connectivity index (χ3n) is 8.39. The van der Waals surface area contributed by atoms with Crippen LogP contribution in [-0.2, 0) is 16.0 Å². The Kier molecular flexibility index (Phi) is 7.65. The summed E-state index contributed by atoms with van der Waals surface area (Å²) in [5, 5.41) is 10.8. The molecule has 200 valence electrons. The van der Waals surface area contributed by atoms with Crippen LogP contribution in [0.25, 0.3) is 0 Å². The number of nitrogens with one attached hydrogen (secondary N) is 2. The number of benzene rings is 2. The molecule has 2 atom stereocenters. The molecule has 3 heterocycles. The zero-order chi connectivity index (χ0) is 26.7. The van der Waals surface area contributed by atoms with Gasteiger partial charge >= 0.3 is 0 Å². The summed E-state index contributed by atoms with van der Waals surface area (Å²) in [4.78, 5) is 32.1. The summed E-state index contributed by atoms with van der Waals surface area (Å²) in [6, 6.07) is 20.0. The number of likely N-dealkylation sites (tertiary alicyclic amines) is 1. The van der Waals surface area contributed by atoms with E-state index in [1.807, 2.05) is 48.2 Å². The highest BCUT2D eigenvalue weighted by Crippen LogP contribution is 2.39. The first-order valence-corrected chi connectivity index (χ1v) is 13.9. The van der Waals surface area contributed by atoms with E-state index in [4.69, 9.17) is 0 Å². The Labute approximate surface area is 225 Å². The lowest BCUT2D eigenvalue weighted by molar-refractivity contribution is -0.161. The SMILES string of the molecule is CCCCN1C(=O)C(Cc2ccccc2)NC(=O)C12CCN(C(c1ccccc1)c1c(C)n[nH]c1C)CC2. The van der Waals surface area contributed by atoms with Crippen LogP contribution in [0.5, 0.6) is 0 Å². The molecule has 1 spiro atoms. The molecule has 0 aliphatic carbocycles. The number of rotatable bonds is 8. The van der Waals surface area contributed by atoms with Crippen molar-refractivity contribution in [1.82, 2.24) is 25.3 Å². The summed E-state index contributed by atoms with van der Waals surface area (Å²) >= 11 is 0. The van der Waals surface area contributed by atoms with Crippen LogP contribution in [0.1, 0.15) is 66.7 Å². The molecular formula is C31H39N5O2. The lowest BCUT2D eigenvalue weighted by atomic mass is 9.80. The smallest absolute Gasteiger partial charge is 0.246 e. The highest BCUT2D eigenvalue weighted by molar-refractivity contribution is 6.00. The number of amides is 2. The first kappa shape index (κ1) is 26.2. The Hall–Kier alpha value is -3.45. The van der Waals surface area contributed by atoms with Crippen molar-refractivity contribution in [3.8, 4) is 0 Å². The van der Waals surface area contributed by atoms with E-state index in [1.54, 1.807) is 0 Å². The number of hydrogen-bond donors (Lipinski definition) is 2. The number of H-pyrrole nitrogens is 1. The van der Waals surface area contributed by atoms with E-state index in [1.165, 1.54) is 11.1 Å². The maximum atomic E-state index is 13.9. The van der Waals surface area contributed by atoms with Gasteiger partial charge in [0.15, 0.2) is 0 Å². The average molecular weight is 514 g/mol. The van der Waals surface area contributed by atoms with Gasteiger partial charge in [-0.1, -0.05) is 74.0 Å². The minimum absolute atomic E-state index is 0.000664. The van der Waals surface area contributed by atoms with Gasteiger partial charge in [0.05, 0.1) is 11.7 Å². The van der Waals surface area contributed by atoms with E-state index in [0.717, 1.165) is 42.9 Å². The Morgan fingerprint density at radius 3 is 2.26 bits per heavy atom. The first-order valence-electron chi connectivity index (χ1n) is 13.9. The lowest BCUT2D eigenvalue weighted by Crippen LogP contribution is -2.73. The van der Waals surface area contributed by atoms with E-state index in [0.29, 0.717) is 25.8 Å². The molecule has 7 nitrogen and oxygen atoms in total. The van der Waals surface area contributed by atoms with Gasteiger partial charge in [0, 0.05) is 37.3 Å². The number of piperidine rings is 1. The zero-order valence-corrected chi connectivity index (χ0v) is 22.7. The van der Waals surface area contributed by atoms with Crippen LogP contribution in [0.15, 0.2) is 60.7 Å². The molecule has 1 aromatic heterocycles. The number of carbonyl (C=O) groups excluding carboxylic acids is 2. The highest BCUT2D eigenvalue weighted by Gasteiger charge is 2.53. The molecule has 7 heteroatoms. The molecule has 5 rings (SSSR count). The predicted molar refractivity (Wildman–Crippen MR) is 149 cm³/mol. The van der Waals surface area contributed by atoms with Crippen molar-refractivity contribution in [3.05, 3.63) is 88.7 Å². The van der Waals surface area contributed by atoms with E-state index >= 15 is 0 Å². The van der Waals surface area contributed by atoms with Crippen molar-refractivity contribution >= 4 is 11.8 Å². The summed E-state index contributed by atoms with van der Waals surface area (Å²) in [5.74, 6) is 0.0530. The van der Waals surface area contributed by atoms with Crippen LogP contribution in [0, 0.1) is 13.8 Å². The topological polar surface area (TPSA) is 81.3 Å². The molecule has 38 heavy (non-hydrogen) atoms. The molecular weight excluding hydrogens is 474 g/mol. The van der Waals surface area contributed by atoms with Gasteiger partial charge < -0.3 is 10.2 Å². The normalized spacial score (nSPS) is 20.5. The minimum Gasteiger partial charge on any atom is -0.342 e. The molecule has 2 saturated heterocycles. The van der Waals surface area contributed by atoms with Crippen molar-refractivity contribution in [2.45, 2.75) is 70.5 Å². The van der Waals surface area contributed by atoms with Crippen LogP contribution in [0.2, 0.25) is 0 Å². The maximum absolute atomic E-state index is 13.9. The Morgan fingerprint density at radius 2 is 1.66 bits per heavy atom. The van der Waals surface area contributed by atoms with E-state index in [2.05, 4.69) is 58.5 Å². The Bertz CT molecular complexity index is 1230. The zero-order valence-electron chi connectivity index (χ0n) is 22.7. The minimum atomic E-state index is -0.794. The van der Waals surface area contributed by atoms with Gasteiger partial charge in [-0.2, -0.15) is 5.10 Å². The molecule has 2 unspecified atom stereocenters. The van der Waals surface area contributed by atoms with Crippen LogP contribution in [-0.4, -0.2) is 63.0 Å². The Morgan fingerprint density at radius 1 is 1.00 bits per heavy atom. The molecule has 2 amide bonds. The molecule has 2 aliphatic rings. The standard InChI is InChI=1S/C31H39N5O2/c1-4-5-18-36-29(37)26(21-24-12-8-6-9-13-24)32-30(38)31(36)16-19-35(20-17-31)28(25-14-10-7-11-15-25)27-22(2)33-34-23(27)3/h6-15,26,28H,4-5,16-21H2,1-3H3,(H,32,38)(H,33,34). The number of unbranched alkanes of at least 4 members (excludes halogenated alkanes) is 1.